The Kier molecular flexibility index (Phi) is 4.02. The Bertz CT molecular complexity index is 514. The van der Waals surface area contributed by atoms with E-state index in [9.17, 15) is 0 Å². The van der Waals surface area contributed by atoms with Crippen LogP contribution in [-0.4, -0.2) is 18.6 Å². The van der Waals surface area contributed by atoms with Crippen molar-refractivity contribution in [2.45, 2.75) is 6.42 Å². The van der Waals surface area contributed by atoms with Crippen molar-refractivity contribution in [3.05, 3.63) is 48.2 Å². The van der Waals surface area contributed by atoms with E-state index in [1.165, 1.54) is 5.56 Å². The highest BCUT2D eigenvalue weighted by atomic mass is 16.5. The van der Waals surface area contributed by atoms with Crippen LogP contribution in [0.2, 0.25) is 0 Å². The van der Waals surface area contributed by atoms with Gasteiger partial charge in [0.1, 0.15) is 11.6 Å². The van der Waals surface area contributed by atoms with E-state index < -0.39 is 0 Å². The van der Waals surface area contributed by atoms with Crippen molar-refractivity contribution in [2.24, 2.45) is 0 Å². The van der Waals surface area contributed by atoms with E-state index in [1.54, 1.807) is 13.3 Å². The number of benzene rings is 1. The summed E-state index contributed by atoms with van der Waals surface area (Å²) >= 11 is 0. The SMILES string of the molecule is COc1cccc(CCNc2ncccc2N)c1. The molecule has 2 aromatic rings. The number of nitrogens with one attached hydrogen (secondary N) is 1. The van der Waals surface area contributed by atoms with Gasteiger partial charge in [0, 0.05) is 12.7 Å². The highest BCUT2D eigenvalue weighted by Crippen LogP contribution is 2.15. The van der Waals surface area contributed by atoms with Gasteiger partial charge < -0.3 is 15.8 Å². The third-order valence-corrected chi connectivity index (χ3v) is 2.68. The molecular weight excluding hydrogens is 226 g/mol. The summed E-state index contributed by atoms with van der Waals surface area (Å²) in [6.45, 7) is 0.786. The van der Waals surface area contributed by atoms with Gasteiger partial charge in [-0.1, -0.05) is 12.1 Å². The minimum absolute atomic E-state index is 0.670. The summed E-state index contributed by atoms with van der Waals surface area (Å²) in [6.07, 6.45) is 2.62. The number of ether oxygens (including phenoxy) is 1. The first-order chi connectivity index (χ1) is 8.79. The van der Waals surface area contributed by atoms with Crippen LogP contribution in [0.1, 0.15) is 5.56 Å². The predicted molar refractivity (Wildman–Crippen MR) is 73.8 cm³/mol. The van der Waals surface area contributed by atoms with Crippen molar-refractivity contribution in [3.8, 4) is 5.75 Å². The van der Waals surface area contributed by atoms with Crippen LogP contribution in [-0.2, 0) is 6.42 Å². The fourth-order valence-corrected chi connectivity index (χ4v) is 1.72. The second-order valence-corrected chi connectivity index (χ2v) is 3.97. The molecule has 0 amide bonds. The standard InChI is InChI=1S/C14H17N3O/c1-18-12-5-2-4-11(10-12)7-9-17-14-13(15)6-3-8-16-14/h2-6,8,10H,7,9,15H2,1H3,(H,16,17). The zero-order chi connectivity index (χ0) is 12.8. The monoisotopic (exact) mass is 243 g/mol. The molecule has 0 spiro atoms. The minimum atomic E-state index is 0.670. The zero-order valence-electron chi connectivity index (χ0n) is 10.4. The summed E-state index contributed by atoms with van der Waals surface area (Å²) in [5.41, 5.74) is 7.69. The molecule has 0 saturated carbocycles. The number of nitrogens with two attached hydrogens (primary N) is 1. The molecule has 4 heteroatoms. The van der Waals surface area contributed by atoms with Crippen molar-refractivity contribution in [1.82, 2.24) is 4.98 Å². The number of hydrogen-bond donors (Lipinski definition) is 2. The van der Waals surface area contributed by atoms with Gasteiger partial charge in [-0.15, -0.1) is 0 Å². The number of hydrogen-bond acceptors (Lipinski definition) is 4. The molecule has 0 aliphatic rings. The lowest BCUT2D eigenvalue weighted by molar-refractivity contribution is 0.414. The van der Waals surface area contributed by atoms with Crippen LogP contribution in [0.3, 0.4) is 0 Å². The van der Waals surface area contributed by atoms with E-state index in [-0.39, 0.29) is 0 Å². The maximum atomic E-state index is 5.80. The van der Waals surface area contributed by atoms with Gasteiger partial charge in [-0.05, 0) is 36.2 Å². The normalized spacial score (nSPS) is 10.1. The summed E-state index contributed by atoms with van der Waals surface area (Å²) in [5, 5.41) is 3.22. The number of nitrogen functional groups attached to an aromatic ring is 1. The minimum Gasteiger partial charge on any atom is -0.497 e. The zero-order valence-corrected chi connectivity index (χ0v) is 10.4. The van der Waals surface area contributed by atoms with Crippen LogP contribution in [0.4, 0.5) is 11.5 Å². The smallest absolute Gasteiger partial charge is 0.149 e. The molecule has 1 heterocycles. The summed E-state index contributed by atoms with van der Waals surface area (Å²) in [4.78, 5) is 4.18. The molecule has 94 valence electrons. The molecule has 3 N–H and O–H groups in total. The van der Waals surface area contributed by atoms with Crippen molar-refractivity contribution < 1.29 is 4.74 Å². The molecule has 0 radical (unpaired) electrons. The van der Waals surface area contributed by atoms with Gasteiger partial charge in [-0.2, -0.15) is 0 Å². The van der Waals surface area contributed by atoms with Crippen molar-refractivity contribution in [2.75, 3.05) is 24.7 Å². The molecule has 4 nitrogen and oxygen atoms in total. The molecule has 0 bridgehead atoms. The van der Waals surface area contributed by atoms with Crippen LogP contribution >= 0.6 is 0 Å². The average Bonchev–Trinajstić information content (AvgIpc) is 2.41. The lowest BCUT2D eigenvalue weighted by atomic mass is 10.1. The van der Waals surface area contributed by atoms with Gasteiger partial charge in [-0.3, -0.25) is 0 Å². The van der Waals surface area contributed by atoms with Gasteiger partial charge in [-0.25, -0.2) is 4.98 Å². The number of methoxy groups -OCH3 is 1. The Morgan fingerprint density at radius 1 is 1.28 bits per heavy atom. The molecule has 0 aliphatic heterocycles. The van der Waals surface area contributed by atoms with Crippen LogP contribution in [0.25, 0.3) is 0 Å². The van der Waals surface area contributed by atoms with E-state index in [0.29, 0.717) is 5.69 Å². The molecular formula is C14H17N3O. The second kappa shape index (κ2) is 5.91. The maximum Gasteiger partial charge on any atom is 0.149 e. The number of aromatic nitrogens is 1. The topological polar surface area (TPSA) is 60.2 Å². The molecule has 18 heavy (non-hydrogen) atoms. The van der Waals surface area contributed by atoms with Crippen LogP contribution in [0.5, 0.6) is 5.75 Å². The van der Waals surface area contributed by atoms with E-state index in [2.05, 4.69) is 16.4 Å². The lowest BCUT2D eigenvalue weighted by Gasteiger charge is -2.08. The van der Waals surface area contributed by atoms with E-state index >= 15 is 0 Å². The first-order valence-electron chi connectivity index (χ1n) is 5.87. The van der Waals surface area contributed by atoms with Gasteiger partial charge in [0.05, 0.1) is 12.8 Å². The van der Waals surface area contributed by atoms with Crippen molar-refractivity contribution in [3.63, 3.8) is 0 Å². The Balaban J connectivity index is 1.90. The quantitative estimate of drug-likeness (QED) is 0.846. The highest BCUT2D eigenvalue weighted by molar-refractivity contribution is 5.60. The van der Waals surface area contributed by atoms with Crippen LogP contribution < -0.4 is 15.8 Å². The van der Waals surface area contributed by atoms with Gasteiger partial charge in [0.25, 0.3) is 0 Å². The molecule has 0 saturated heterocycles. The summed E-state index contributed by atoms with van der Waals surface area (Å²) in [6, 6.07) is 11.7. The summed E-state index contributed by atoms with van der Waals surface area (Å²) < 4.78 is 5.19. The largest absolute Gasteiger partial charge is 0.497 e. The molecule has 0 unspecified atom stereocenters. The summed E-state index contributed by atoms with van der Waals surface area (Å²) in [7, 11) is 1.67. The summed E-state index contributed by atoms with van der Waals surface area (Å²) in [5.74, 6) is 1.62. The number of nitrogens with zero attached hydrogens (tertiary/aromatic N) is 1. The fourth-order valence-electron chi connectivity index (χ4n) is 1.72. The molecule has 0 fully saturated rings. The van der Waals surface area contributed by atoms with Gasteiger partial charge in [0.15, 0.2) is 0 Å². The fraction of sp³-hybridized carbons (Fsp3) is 0.214. The molecule has 1 aromatic carbocycles. The first kappa shape index (κ1) is 12.2. The molecule has 2 rings (SSSR count). The molecule has 0 atom stereocenters. The Hall–Kier alpha value is -2.23. The number of anilines is 2. The van der Waals surface area contributed by atoms with E-state index in [0.717, 1.165) is 24.5 Å². The predicted octanol–water partition coefficient (Wildman–Crippen LogP) is 2.33. The van der Waals surface area contributed by atoms with Crippen molar-refractivity contribution >= 4 is 11.5 Å². The van der Waals surface area contributed by atoms with Crippen molar-refractivity contribution in [1.29, 1.82) is 0 Å². The lowest BCUT2D eigenvalue weighted by Crippen LogP contribution is -2.08. The third kappa shape index (κ3) is 3.13. The second-order valence-electron chi connectivity index (χ2n) is 3.97. The Morgan fingerprint density at radius 2 is 2.17 bits per heavy atom. The first-order valence-corrected chi connectivity index (χ1v) is 5.87. The van der Waals surface area contributed by atoms with Crippen LogP contribution in [0.15, 0.2) is 42.6 Å². The van der Waals surface area contributed by atoms with Crippen LogP contribution in [0, 0.1) is 0 Å². The van der Waals surface area contributed by atoms with Gasteiger partial charge >= 0.3 is 0 Å². The maximum absolute atomic E-state index is 5.80. The number of rotatable bonds is 5. The average molecular weight is 243 g/mol. The third-order valence-electron chi connectivity index (χ3n) is 2.68. The van der Waals surface area contributed by atoms with E-state index in [4.69, 9.17) is 10.5 Å². The highest BCUT2D eigenvalue weighted by Gasteiger charge is 1.99. The van der Waals surface area contributed by atoms with E-state index in [1.807, 2.05) is 30.3 Å². The molecule has 1 aromatic heterocycles. The van der Waals surface area contributed by atoms with Gasteiger partial charge in [0.2, 0.25) is 0 Å². The Labute approximate surface area is 107 Å². The molecule has 0 aliphatic carbocycles. The number of pyridine rings is 1. The Morgan fingerprint density at radius 3 is 2.94 bits per heavy atom.